The Kier molecular flexibility index (Phi) is 5.68. The van der Waals surface area contributed by atoms with Crippen LogP contribution in [0.2, 0.25) is 0 Å². The average Bonchev–Trinajstić information content (AvgIpc) is 3.14. The number of amides is 1. The highest BCUT2D eigenvalue weighted by atomic mass is 32.2. The third-order valence-corrected chi connectivity index (χ3v) is 5.72. The number of hydroxylamine groups is 1. The molecule has 1 aromatic heterocycles. The molecule has 2 aromatic carbocycles. The van der Waals surface area contributed by atoms with Crippen molar-refractivity contribution in [2.24, 2.45) is 0 Å². The molecular weight excluding hydrogens is 403 g/mol. The first-order chi connectivity index (χ1) is 13.7. The molecule has 0 spiro atoms. The van der Waals surface area contributed by atoms with Crippen LogP contribution in [0.25, 0.3) is 5.69 Å². The van der Waals surface area contributed by atoms with E-state index in [1.807, 2.05) is 0 Å². The van der Waals surface area contributed by atoms with Crippen LogP contribution in [-0.4, -0.2) is 53.2 Å². The first-order valence-corrected chi connectivity index (χ1v) is 9.67. The van der Waals surface area contributed by atoms with Crippen LogP contribution < -0.4 is 5.32 Å². The number of tetrazole rings is 1. The molecule has 3 rings (SSSR count). The van der Waals surface area contributed by atoms with Crippen molar-refractivity contribution < 1.29 is 22.4 Å². The molecular formula is C17H17FN6O4S. The fraction of sp³-hybridized carbons (Fsp3) is 0.176. The lowest BCUT2D eigenvalue weighted by Crippen LogP contribution is -2.26. The zero-order chi connectivity index (χ0) is 21.2. The summed E-state index contributed by atoms with van der Waals surface area (Å²) in [6.07, 6.45) is 0. The Morgan fingerprint density at radius 1 is 1.24 bits per heavy atom. The Labute approximate surface area is 165 Å². The lowest BCUT2D eigenvalue weighted by Gasteiger charge is -2.14. The molecule has 1 heterocycles. The molecule has 3 aromatic rings. The summed E-state index contributed by atoms with van der Waals surface area (Å²) in [5.41, 5.74) is 0.437. The molecule has 0 bridgehead atoms. The number of hydrogen-bond donors (Lipinski definition) is 1. The van der Waals surface area contributed by atoms with E-state index in [2.05, 4.69) is 20.8 Å². The van der Waals surface area contributed by atoms with Crippen LogP contribution in [0, 0.1) is 12.7 Å². The van der Waals surface area contributed by atoms with Gasteiger partial charge in [-0.05, 0) is 53.7 Å². The van der Waals surface area contributed by atoms with Crippen molar-refractivity contribution in [1.82, 2.24) is 24.7 Å². The van der Waals surface area contributed by atoms with E-state index in [1.165, 1.54) is 61.3 Å². The number of halogens is 1. The Morgan fingerprint density at radius 2 is 2.00 bits per heavy atom. The van der Waals surface area contributed by atoms with E-state index in [-0.39, 0.29) is 21.8 Å². The number of nitrogens with zero attached hydrogens (tertiary/aromatic N) is 5. The minimum atomic E-state index is -3.91. The highest BCUT2D eigenvalue weighted by Gasteiger charge is 2.22. The number of carbonyl (C=O) groups excluding carboxylic acids is 1. The largest absolute Gasteiger partial charge is 0.322 e. The number of benzene rings is 2. The lowest BCUT2D eigenvalue weighted by atomic mass is 10.2. The van der Waals surface area contributed by atoms with Gasteiger partial charge in [-0.2, -0.15) is 4.68 Å². The third kappa shape index (κ3) is 4.13. The Bertz CT molecular complexity index is 1160. The predicted octanol–water partition coefficient (Wildman–Crippen LogP) is 1.54. The first kappa shape index (κ1) is 20.5. The van der Waals surface area contributed by atoms with Crippen molar-refractivity contribution in [3.8, 4) is 5.69 Å². The summed E-state index contributed by atoms with van der Waals surface area (Å²) < 4.78 is 40.7. The number of aromatic nitrogens is 4. The summed E-state index contributed by atoms with van der Waals surface area (Å²) >= 11 is 0. The molecule has 0 saturated carbocycles. The second-order valence-electron chi connectivity index (χ2n) is 5.88. The molecule has 0 atom stereocenters. The van der Waals surface area contributed by atoms with Crippen molar-refractivity contribution in [3.05, 3.63) is 59.7 Å². The molecule has 1 N–H and O–H groups in total. The summed E-state index contributed by atoms with van der Waals surface area (Å²) in [6.45, 7) is 1.60. The van der Waals surface area contributed by atoms with Crippen molar-refractivity contribution in [2.75, 3.05) is 19.5 Å². The van der Waals surface area contributed by atoms with Gasteiger partial charge in [0.05, 0.1) is 12.0 Å². The molecule has 0 unspecified atom stereocenters. The summed E-state index contributed by atoms with van der Waals surface area (Å²) in [6, 6.07) is 9.36. The van der Waals surface area contributed by atoms with E-state index in [0.717, 1.165) is 0 Å². The summed E-state index contributed by atoms with van der Waals surface area (Å²) in [5.74, 6) is -0.783. The maximum Gasteiger partial charge on any atom is 0.264 e. The van der Waals surface area contributed by atoms with Gasteiger partial charge in [-0.25, -0.2) is 12.8 Å². The summed E-state index contributed by atoms with van der Waals surface area (Å²) in [7, 11) is -1.45. The minimum Gasteiger partial charge on any atom is -0.322 e. The van der Waals surface area contributed by atoms with Gasteiger partial charge in [-0.1, -0.05) is 10.5 Å². The number of sulfonamides is 1. The quantitative estimate of drug-likeness (QED) is 0.601. The molecule has 0 radical (unpaired) electrons. The number of nitrogens with one attached hydrogen (secondary N) is 1. The second-order valence-corrected chi connectivity index (χ2v) is 7.82. The normalized spacial score (nSPS) is 11.6. The monoisotopic (exact) mass is 420 g/mol. The highest BCUT2D eigenvalue weighted by Crippen LogP contribution is 2.21. The van der Waals surface area contributed by atoms with Crippen LogP contribution in [0.3, 0.4) is 0 Å². The second kappa shape index (κ2) is 8.03. The molecule has 0 aliphatic heterocycles. The molecule has 152 valence electrons. The van der Waals surface area contributed by atoms with E-state index >= 15 is 0 Å². The Balaban J connectivity index is 1.88. The van der Waals surface area contributed by atoms with Gasteiger partial charge in [0.25, 0.3) is 15.9 Å². The van der Waals surface area contributed by atoms with Crippen molar-refractivity contribution in [2.45, 2.75) is 11.8 Å². The molecule has 12 heteroatoms. The summed E-state index contributed by atoms with van der Waals surface area (Å²) in [5, 5.41) is 13.5. The zero-order valence-electron chi connectivity index (χ0n) is 15.7. The van der Waals surface area contributed by atoms with E-state index < -0.39 is 21.7 Å². The van der Waals surface area contributed by atoms with Crippen LogP contribution in [0.15, 0.2) is 47.4 Å². The van der Waals surface area contributed by atoms with Gasteiger partial charge in [0.1, 0.15) is 11.5 Å². The number of anilines is 1. The number of rotatable bonds is 6. The molecule has 0 aliphatic rings. The van der Waals surface area contributed by atoms with Crippen molar-refractivity contribution >= 4 is 21.6 Å². The van der Waals surface area contributed by atoms with Gasteiger partial charge in [-0.15, -0.1) is 5.10 Å². The standard InChI is InChI=1S/C17H17FN6O4S/c1-11-20-21-22-24(11)16-10-13(7-8-15(16)18)19-17(25)12-5-4-6-14(9-12)29(26,27)23(2)28-3/h4-10H,1-3H3,(H,19,25). The third-order valence-electron chi connectivity index (χ3n) is 4.05. The van der Waals surface area contributed by atoms with Gasteiger partial charge in [0.15, 0.2) is 5.82 Å². The topological polar surface area (TPSA) is 119 Å². The molecule has 29 heavy (non-hydrogen) atoms. The van der Waals surface area contributed by atoms with Gasteiger partial charge in [0, 0.05) is 18.3 Å². The van der Waals surface area contributed by atoms with E-state index in [0.29, 0.717) is 10.3 Å². The van der Waals surface area contributed by atoms with Crippen LogP contribution >= 0.6 is 0 Å². The lowest BCUT2D eigenvalue weighted by molar-refractivity contribution is -0.0258. The predicted molar refractivity (Wildman–Crippen MR) is 100 cm³/mol. The first-order valence-electron chi connectivity index (χ1n) is 8.23. The van der Waals surface area contributed by atoms with Crippen LogP contribution in [-0.2, 0) is 14.9 Å². The Hall–Kier alpha value is -3.22. The van der Waals surface area contributed by atoms with Crippen LogP contribution in [0.4, 0.5) is 10.1 Å². The molecule has 0 fully saturated rings. The van der Waals surface area contributed by atoms with Crippen LogP contribution in [0.1, 0.15) is 16.2 Å². The SMILES string of the molecule is CON(C)S(=O)(=O)c1cccc(C(=O)Nc2ccc(F)c(-n3nnnc3C)c2)c1. The van der Waals surface area contributed by atoms with E-state index in [9.17, 15) is 17.6 Å². The van der Waals surface area contributed by atoms with Gasteiger partial charge in [-0.3, -0.25) is 9.63 Å². The van der Waals surface area contributed by atoms with Crippen molar-refractivity contribution in [3.63, 3.8) is 0 Å². The van der Waals surface area contributed by atoms with E-state index in [4.69, 9.17) is 4.84 Å². The number of hydrogen-bond acceptors (Lipinski definition) is 7. The average molecular weight is 420 g/mol. The molecule has 1 amide bonds. The van der Waals surface area contributed by atoms with Gasteiger partial charge in [0.2, 0.25) is 0 Å². The number of aryl methyl sites for hydroxylation is 1. The number of carbonyl (C=O) groups is 1. The molecule has 0 saturated heterocycles. The van der Waals surface area contributed by atoms with Gasteiger partial charge >= 0.3 is 0 Å². The van der Waals surface area contributed by atoms with Gasteiger partial charge < -0.3 is 5.32 Å². The highest BCUT2D eigenvalue weighted by molar-refractivity contribution is 7.89. The molecule has 0 aliphatic carbocycles. The van der Waals surface area contributed by atoms with E-state index in [1.54, 1.807) is 6.92 Å². The maximum absolute atomic E-state index is 14.2. The van der Waals surface area contributed by atoms with Crippen molar-refractivity contribution in [1.29, 1.82) is 0 Å². The fourth-order valence-electron chi connectivity index (χ4n) is 2.45. The minimum absolute atomic E-state index is 0.0587. The zero-order valence-corrected chi connectivity index (χ0v) is 16.5. The summed E-state index contributed by atoms with van der Waals surface area (Å²) in [4.78, 5) is 17.2. The fourth-order valence-corrected chi connectivity index (χ4v) is 3.47. The smallest absolute Gasteiger partial charge is 0.264 e. The molecule has 10 nitrogen and oxygen atoms in total. The maximum atomic E-state index is 14.2. The van der Waals surface area contributed by atoms with Crippen LogP contribution in [0.5, 0.6) is 0 Å². The Morgan fingerprint density at radius 3 is 2.66 bits per heavy atom.